The number of hydrogen-bond donors (Lipinski definition) is 6. The van der Waals surface area contributed by atoms with Crippen molar-refractivity contribution in [1.82, 2.24) is 10.0 Å². The Hall–Kier alpha value is -7.74. The summed E-state index contributed by atoms with van der Waals surface area (Å²) in [7, 11) is 0. The molecule has 0 spiro atoms. The number of carbonyl (C=O) groups is 4. The predicted octanol–water partition coefficient (Wildman–Crippen LogP) is 8.02. The van der Waals surface area contributed by atoms with Crippen molar-refractivity contribution in [3.8, 4) is 45.6 Å². The number of nitrogens with zero attached hydrogens (tertiary/aromatic N) is 4. The third-order valence-electron chi connectivity index (χ3n) is 11.1. The topological polar surface area (TPSA) is 221 Å². The summed E-state index contributed by atoms with van der Waals surface area (Å²) >= 11 is 0. The predicted molar refractivity (Wildman–Crippen MR) is 224 cm³/mol. The molecule has 302 valence electrons. The number of imide groups is 2. The fourth-order valence-electron chi connectivity index (χ4n) is 8.42. The van der Waals surface area contributed by atoms with Gasteiger partial charge < -0.3 is 30.6 Å². The van der Waals surface area contributed by atoms with Crippen LogP contribution in [0.1, 0.15) is 114 Å². The Morgan fingerprint density at radius 3 is 1.07 bits per heavy atom. The minimum Gasteiger partial charge on any atom is -0.507 e. The van der Waals surface area contributed by atoms with Crippen molar-refractivity contribution >= 4 is 57.6 Å². The van der Waals surface area contributed by atoms with Crippen LogP contribution in [-0.2, 0) is 0 Å². The van der Waals surface area contributed by atoms with E-state index in [2.05, 4.69) is 10.2 Å². The van der Waals surface area contributed by atoms with Crippen molar-refractivity contribution in [1.29, 1.82) is 0 Å². The van der Waals surface area contributed by atoms with Crippen LogP contribution in [0, 0.1) is 13.8 Å². The van der Waals surface area contributed by atoms with Gasteiger partial charge in [-0.2, -0.15) is 20.2 Å². The van der Waals surface area contributed by atoms with E-state index in [1.165, 1.54) is 24.3 Å². The molecule has 60 heavy (non-hydrogen) atoms. The lowest BCUT2D eigenvalue weighted by Gasteiger charge is -2.23. The van der Waals surface area contributed by atoms with Gasteiger partial charge in [0.2, 0.25) is 0 Å². The van der Waals surface area contributed by atoms with E-state index in [4.69, 9.17) is 0 Å². The molecule has 0 saturated carbocycles. The number of hydrazone groups is 2. The lowest BCUT2D eigenvalue weighted by atomic mass is 9.83. The SMILES string of the molecule is Cc1cc2c(C(C)C)c(O)c(O)c(C=NN3C(=O)c4ccccc4C3=O)c2c(O)c1-c1c(C)cc2c(C(C)C)c(O)c(O)c(C=NN3C(=O)c4ccccc4C3=O)c2c1O. The first-order valence-electron chi connectivity index (χ1n) is 19.0. The summed E-state index contributed by atoms with van der Waals surface area (Å²) < 4.78 is 0. The number of aromatic hydroxyl groups is 6. The van der Waals surface area contributed by atoms with Crippen molar-refractivity contribution in [2.75, 3.05) is 0 Å². The summed E-state index contributed by atoms with van der Waals surface area (Å²) in [6, 6.07) is 15.6. The van der Waals surface area contributed by atoms with Crippen LogP contribution in [0.4, 0.5) is 0 Å². The highest BCUT2D eigenvalue weighted by Crippen LogP contribution is 2.54. The van der Waals surface area contributed by atoms with Crippen LogP contribution in [0.5, 0.6) is 34.5 Å². The molecule has 14 nitrogen and oxygen atoms in total. The van der Waals surface area contributed by atoms with Crippen LogP contribution < -0.4 is 0 Å². The molecule has 2 aliphatic heterocycles. The van der Waals surface area contributed by atoms with Crippen molar-refractivity contribution in [3.63, 3.8) is 0 Å². The van der Waals surface area contributed by atoms with E-state index in [0.717, 1.165) is 12.4 Å². The third kappa shape index (κ3) is 5.55. The normalized spacial score (nSPS) is 14.1. The van der Waals surface area contributed by atoms with E-state index in [9.17, 15) is 49.8 Å². The molecule has 0 saturated heterocycles. The lowest BCUT2D eigenvalue weighted by Crippen LogP contribution is -2.24. The lowest BCUT2D eigenvalue weighted by molar-refractivity contribution is 0.0645. The molecule has 0 aliphatic carbocycles. The summed E-state index contributed by atoms with van der Waals surface area (Å²) in [5.41, 5.74) is 1.53. The van der Waals surface area contributed by atoms with Gasteiger partial charge in [-0.3, -0.25) is 19.2 Å². The molecular weight excluding hydrogens is 769 g/mol. The van der Waals surface area contributed by atoms with Crippen molar-refractivity contribution in [2.24, 2.45) is 10.2 Å². The quantitative estimate of drug-likeness (QED) is 0.0518. The number of aryl methyl sites for hydroxylation is 2. The number of hydrogen-bond acceptors (Lipinski definition) is 12. The first-order valence-corrected chi connectivity index (χ1v) is 19.0. The summed E-state index contributed by atoms with van der Waals surface area (Å²) in [4.78, 5) is 52.7. The molecular formula is C46H38N4O10. The molecule has 0 radical (unpaired) electrons. The molecule has 0 aromatic heterocycles. The van der Waals surface area contributed by atoms with Gasteiger partial charge in [0.05, 0.1) is 45.8 Å². The van der Waals surface area contributed by atoms with Crippen LogP contribution >= 0.6 is 0 Å². The fraction of sp³-hybridized carbons (Fsp3) is 0.174. The zero-order valence-electron chi connectivity index (χ0n) is 33.2. The Bertz CT molecular complexity index is 2750. The minimum atomic E-state index is -0.714. The van der Waals surface area contributed by atoms with E-state index in [1.54, 1.807) is 77.9 Å². The molecule has 0 bridgehead atoms. The van der Waals surface area contributed by atoms with E-state index >= 15 is 0 Å². The third-order valence-corrected chi connectivity index (χ3v) is 11.1. The number of benzene rings is 6. The van der Waals surface area contributed by atoms with Crippen LogP contribution in [0.3, 0.4) is 0 Å². The first-order chi connectivity index (χ1) is 28.5. The molecule has 14 heteroatoms. The second-order valence-corrected chi connectivity index (χ2v) is 15.5. The van der Waals surface area contributed by atoms with Crippen molar-refractivity contribution in [3.05, 3.63) is 116 Å². The standard InChI is InChI=1S/C46H38N4O10/c1-19(2)31-27-15-21(5)33(39(53)35(27)29(37(51)41(31)55)17-47-49-43(57)23-11-7-8-12-24(23)44(49)58)34-22(6)16-28-32(20(3)4)42(56)38(52)30(36(28)40(34)54)18-48-50-45(59)25-13-9-10-14-26(25)46(50)60/h7-20,51-56H,1-6H3. The maximum absolute atomic E-state index is 13.2. The van der Waals surface area contributed by atoms with Crippen molar-refractivity contribution < 1.29 is 49.8 Å². The molecule has 0 fully saturated rings. The van der Waals surface area contributed by atoms with Gasteiger partial charge in [-0.1, -0.05) is 64.1 Å². The van der Waals surface area contributed by atoms with Gasteiger partial charge in [-0.15, -0.1) is 0 Å². The Labute approximate surface area is 342 Å². The second-order valence-electron chi connectivity index (χ2n) is 15.5. The van der Waals surface area contributed by atoms with Gasteiger partial charge in [0.1, 0.15) is 11.5 Å². The zero-order chi connectivity index (χ0) is 43.2. The smallest absolute Gasteiger partial charge is 0.282 e. The molecule has 0 atom stereocenters. The monoisotopic (exact) mass is 806 g/mol. The fourth-order valence-corrected chi connectivity index (χ4v) is 8.42. The summed E-state index contributed by atoms with van der Waals surface area (Å²) in [6.45, 7) is 10.4. The average Bonchev–Trinajstić information content (AvgIpc) is 3.59. The van der Waals surface area contributed by atoms with Gasteiger partial charge in [-0.25, -0.2) is 0 Å². The Morgan fingerprint density at radius 1 is 0.483 bits per heavy atom. The highest BCUT2D eigenvalue weighted by molar-refractivity contribution is 6.23. The molecule has 2 heterocycles. The first kappa shape index (κ1) is 39.1. The number of amides is 4. The molecule has 6 aromatic rings. The number of phenolic OH excluding ortho intramolecular Hbond substituents is 6. The van der Waals surface area contributed by atoms with E-state index in [1.807, 2.05) is 0 Å². The average molecular weight is 807 g/mol. The van der Waals surface area contributed by atoms with E-state index in [0.29, 0.717) is 31.9 Å². The number of phenols is 6. The van der Waals surface area contributed by atoms with Crippen LogP contribution in [0.2, 0.25) is 0 Å². The minimum absolute atomic E-state index is 0.0299. The van der Waals surface area contributed by atoms with Crippen molar-refractivity contribution in [2.45, 2.75) is 53.4 Å². The van der Waals surface area contributed by atoms with Gasteiger partial charge >= 0.3 is 0 Å². The maximum Gasteiger partial charge on any atom is 0.282 e. The molecule has 8 rings (SSSR count). The Morgan fingerprint density at radius 2 is 0.783 bits per heavy atom. The van der Waals surface area contributed by atoms with E-state index < -0.39 is 70.0 Å². The van der Waals surface area contributed by atoms with Crippen LogP contribution in [-0.4, -0.2) is 76.7 Å². The van der Waals surface area contributed by atoms with Gasteiger partial charge in [0, 0.05) is 33.0 Å². The second kappa shape index (κ2) is 14.0. The molecule has 2 aliphatic rings. The van der Waals surface area contributed by atoms with Gasteiger partial charge in [0.15, 0.2) is 23.0 Å². The maximum atomic E-state index is 13.2. The van der Waals surface area contributed by atoms with Crippen LogP contribution in [0.25, 0.3) is 32.7 Å². The number of rotatable bonds is 7. The number of carbonyl (C=O) groups excluding carboxylic acids is 4. The highest BCUT2D eigenvalue weighted by atomic mass is 16.3. The summed E-state index contributed by atoms with van der Waals surface area (Å²) in [6.07, 6.45) is 2.00. The summed E-state index contributed by atoms with van der Waals surface area (Å²) in [5.74, 6) is -6.98. The largest absolute Gasteiger partial charge is 0.507 e. The molecule has 6 N–H and O–H groups in total. The Balaban J connectivity index is 1.38. The van der Waals surface area contributed by atoms with Crippen LogP contribution in [0.15, 0.2) is 70.9 Å². The molecule has 4 amide bonds. The highest BCUT2D eigenvalue weighted by Gasteiger charge is 2.37. The zero-order valence-corrected chi connectivity index (χ0v) is 33.2. The summed E-state index contributed by atoms with van der Waals surface area (Å²) in [5, 5.41) is 80.6. The van der Waals surface area contributed by atoms with E-state index in [-0.39, 0.29) is 66.4 Å². The number of fused-ring (bicyclic) bond motifs is 4. The van der Waals surface area contributed by atoms with Gasteiger partial charge in [0.25, 0.3) is 23.6 Å². The molecule has 6 aromatic carbocycles. The Kier molecular flexibility index (Phi) is 9.11. The van der Waals surface area contributed by atoms with Gasteiger partial charge in [-0.05, 0) is 71.8 Å². The molecule has 0 unspecified atom stereocenters.